The van der Waals surface area contributed by atoms with Gasteiger partial charge < -0.3 is 0 Å². The maximum atomic E-state index is 11.2. The van der Waals surface area contributed by atoms with E-state index in [9.17, 15) is 4.79 Å². The Balaban J connectivity index is 2.35. The van der Waals surface area contributed by atoms with Gasteiger partial charge in [0.05, 0.1) is 0 Å². The summed E-state index contributed by atoms with van der Waals surface area (Å²) in [5.74, 6) is 0.433. The van der Waals surface area contributed by atoms with Crippen molar-refractivity contribution in [3.63, 3.8) is 0 Å². The van der Waals surface area contributed by atoms with Crippen molar-refractivity contribution in [1.82, 2.24) is 0 Å². The third kappa shape index (κ3) is 1.49. The minimum atomic E-state index is 0.162. The van der Waals surface area contributed by atoms with Gasteiger partial charge in [-0.15, -0.1) is 0 Å². The first-order valence-corrected chi connectivity index (χ1v) is 4.83. The number of hydrogen-bond donors (Lipinski definition) is 0. The standard InChI is InChI=1S/C11H11ClO/c1-7(13)9-5-8-3-2-4-11(12)10(8)6-9/h2-4,9H,5-6H2,1H3. The molecule has 0 bridgehead atoms. The maximum absolute atomic E-state index is 11.2. The molecule has 0 saturated heterocycles. The molecule has 68 valence electrons. The SMILES string of the molecule is CC(=O)C1Cc2cccc(Cl)c2C1. The summed E-state index contributed by atoms with van der Waals surface area (Å²) in [6, 6.07) is 5.90. The van der Waals surface area contributed by atoms with Crippen molar-refractivity contribution in [3.05, 3.63) is 34.3 Å². The van der Waals surface area contributed by atoms with Gasteiger partial charge in [-0.25, -0.2) is 0 Å². The fraction of sp³-hybridized carbons (Fsp3) is 0.364. The van der Waals surface area contributed by atoms with Crippen LogP contribution in [0.4, 0.5) is 0 Å². The van der Waals surface area contributed by atoms with Crippen LogP contribution in [0.2, 0.25) is 5.02 Å². The van der Waals surface area contributed by atoms with Gasteiger partial charge in [-0.2, -0.15) is 0 Å². The molecule has 1 nitrogen and oxygen atoms in total. The van der Waals surface area contributed by atoms with Crippen LogP contribution in [-0.4, -0.2) is 5.78 Å². The third-order valence-corrected chi connectivity index (χ3v) is 3.06. The Morgan fingerprint density at radius 1 is 1.46 bits per heavy atom. The van der Waals surface area contributed by atoms with Crippen LogP contribution >= 0.6 is 11.6 Å². The molecule has 1 aromatic rings. The van der Waals surface area contributed by atoms with Crippen molar-refractivity contribution in [2.24, 2.45) is 5.92 Å². The number of ketones is 1. The van der Waals surface area contributed by atoms with Crippen LogP contribution < -0.4 is 0 Å². The molecule has 1 aliphatic rings. The molecule has 1 aliphatic carbocycles. The van der Waals surface area contributed by atoms with E-state index in [1.807, 2.05) is 12.1 Å². The zero-order chi connectivity index (χ0) is 9.42. The van der Waals surface area contributed by atoms with Crippen LogP contribution in [0.5, 0.6) is 0 Å². The molecule has 0 amide bonds. The number of hydrogen-bond acceptors (Lipinski definition) is 1. The van der Waals surface area contributed by atoms with E-state index in [0.29, 0.717) is 0 Å². The normalized spacial score (nSPS) is 20.0. The van der Waals surface area contributed by atoms with Crippen molar-refractivity contribution in [3.8, 4) is 0 Å². The molecule has 0 radical (unpaired) electrons. The number of carbonyl (C=O) groups is 1. The summed E-state index contributed by atoms with van der Waals surface area (Å²) in [6.45, 7) is 1.66. The average Bonchev–Trinajstić information content (AvgIpc) is 2.49. The Bertz CT molecular complexity index is 357. The van der Waals surface area contributed by atoms with Gasteiger partial charge >= 0.3 is 0 Å². The Morgan fingerprint density at radius 3 is 2.85 bits per heavy atom. The van der Waals surface area contributed by atoms with Gasteiger partial charge in [0.25, 0.3) is 0 Å². The fourth-order valence-corrected chi connectivity index (χ4v) is 2.17. The molecule has 1 unspecified atom stereocenters. The van der Waals surface area contributed by atoms with E-state index in [1.165, 1.54) is 11.1 Å². The van der Waals surface area contributed by atoms with Gasteiger partial charge in [-0.3, -0.25) is 4.79 Å². The van der Waals surface area contributed by atoms with E-state index < -0.39 is 0 Å². The van der Waals surface area contributed by atoms with E-state index in [1.54, 1.807) is 6.92 Å². The number of benzene rings is 1. The van der Waals surface area contributed by atoms with E-state index in [2.05, 4.69) is 6.07 Å². The highest BCUT2D eigenvalue weighted by molar-refractivity contribution is 6.31. The van der Waals surface area contributed by atoms with Crippen molar-refractivity contribution < 1.29 is 4.79 Å². The summed E-state index contributed by atoms with van der Waals surface area (Å²) < 4.78 is 0. The predicted molar refractivity (Wildman–Crippen MR) is 53.0 cm³/mol. The summed E-state index contributed by atoms with van der Waals surface area (Å²) in [5.41, 5.74) is 2.41. The molecule has 1 aromatic carbocycles. The summed E-state index contributed by atoms with van der Waals surface area (Å²) in [7, 11) is 0. The second-order valence-corrected chi connectivity index (χ2v) is 4.00. The summed E-state index contributed by atoms with van der Waals surface area (Å²) in [5, 5.41) is 0.807. The van der Waals surface area contributed by atoms with E-state index in [0.717, 1.165) is 17.9 Å². The Hall–Kier alpha value is -0.820. The topological polar surface area (TPSA) is 17.1 Å². The molecule has 0 N–H and O–H groups in total. The quantitative estimate of drug-likeness (QED) is 0.672. The lowest BCUT2D eigenvalue weighted by molar-refractivity contribution is -0.120. The average molecular weight is 195 g/mol. The van der Waals surface area contributed by atoms with E-state index in [-0.39, 0.29) is 11.7 Å². The van der Waals surface area contributed by atoms with Crippen LogP contribution in [-0.2, 0) is 17.6 Å². The summed E-state index contributed by atoms with van der Waals surface area (Å²) >= 11 is 6.03. The minimum Gasteiger partial charge on any atom is -0.300 e. The Morgan fingerprint density at radius 2 is 2.23 bits per heavy atom. The van der Waals surface area contributed by atoms with E-state index >= 15 is 0 Å². The maximum Gasteiger partial charge on any atom is 0.133 e. The highest BCUT2D eigenvalue weighted by Gasteiger charge is 2.25. The van der Waals surface area contributed by atoms with Crippen LogP contribution in [0.3, 0.4) is 0 Å². The van der Waals surface area contributed by atoms with Gasteiger partial charge in [0.1, 0.15) is 5.78 Å². The highest BCUT2D eigenvalue weighted by Crippen LogP contribution is 2.32. The van der Waals surface area contributed by atoms with Gasteiger partial charge in [-0.05, 0) is 37.0 Å². The van der Waals surface area contributed by atoms with Gasteiger partial charge in [0.15, 0.2) is 0 Å². The van der Waals surface area contributed by atoms with Crippen LogP contribution in [0.1, 0.15) is 18.1 Å². The van der Waals surface area contributed by atoms with Crippen molar-refractivity contribution in [2.75, 3.05) is 0 Å². The lowest BCUT2D eigenvalue weighted by Gasteiger charge is -2.01. The Labute approximate surface area is 82.7 Å². The van der Waals surface area contributed by atoms with Crippen molar-refractivity contribution in [1.29, 1.82) is 0 Å². The van der Waals surface area contributed by atoms with Crippen LogP contribution in [0.25, 0.3) is 0 Å². The third-order valence-electron chi connectivity index (χ3n) is 2.71. The van der Waals surface area contributed by atoms with E-state index in [4.69, 9.17) is 11.6 Å². The lowest BCUT2D eigenvalue weighted by Crippen LogP contribution is -2.09. The number of carbonyl (C=O) groups excluding carboxylic acids is 1. The fourth-order valence-electron chi connectivity index (χ4n) is 1.89. The predicted octanol–water partition coefficient (Wildman–Crippen LogP) is 2.64. The monoisotopic (exact) mass is 194 g/mol. The second-order valence-electron chi connectivity index (χ2n) is 3.59. The smallest absolute Gasteiger partial charge is 0.133 e. The molecule has 0 saturated carbocycles. The molecule has 0 fully saturated rings. The minimum absolute atomic E-state index is 0.162. The molecule has 2 rings (SSSR count). The van der Waals surface area contributed by atoms with Crippen LogP contribution in [0, 0.1) is 5.92 Å². The van der Waals surface area contributed by atoms with Crippen molar-refractivity contribution >= 4 is 17.4 Å². The first-order chi connectivity index (χ1) is 6.18. The number of rotatable bonds is 1. The molecular formula is C11H11ClO. The lowest BCUT2D eigenvalue weighted by atomic mass is 10.0. The molecule has 0 aliphatic heterocycles. The number of fused-ring (bicyclic) bond motifs is 1. The molecule has 0 heterocycles. The highest BCUT2D eigenvalue weighted by atomic mass is 35.5. The largest absolute Gasteiger partial charge is 0.300 e. The van der Waals surface area contributed by atoms with Crippen LogP contribution in [0.15, 0.2) is 18.2 Å². The molecule has 0 spiro atoms. The molecule has 2 heteroatoms. The molecule has 13 heavy (non-hydrogen) atoms. The molecular weight excluding hydrogens is 184 g/mol. The zero-order valence-electron chi connectivity index (χ0n) is 7.51. The zero-order valence-corrected chi connectivity index (χ0v) is 8.27. The molecule has 0 aromatic heterocycles. The van der Waals surface area contributed by atoms with Crippen molar-refractivity contribution in [2.45, 2.75) is 19.8 Å². The number of halogens is 1. The Kier molecular flexibility index (Phi) is 2.12. The number of Topliss-reactive ketones (excluding diaryl/α,β-unsaturated/α-hetero) is 1. The summed E-state index contributed by atoms with van der Waals surface area (Å²) in [6.07, 6.45) is 1.69. The first kappa shape index (κ1) is 8.76. The first-order valence-electron chi connectivity index (χ1n) is 4.45. The summed E-state index contributed by atoms with van der Waals surface area (Å²) in [4.78, 5) is 11.2. The van der Waals surface area contributed by atoms with Gasteiger partial charge in [0.2, 0.25) is 0 Å². The molecule has 1 atom stereocenters. The van der Waals surface area contributed by atoms with Gasteiger partial charge in [0, 0.05) is 10.9 Å². The second kappa shape index (κ2) is 3.15. The van der Waals surface area contributed by atoms with Gasteiger partial charge in [-0.1, -0.05) is 23.7 Å².